The molecule has 0 fully saturated rings. The average Bonchev–Trinajstić information content (AvgIpc) is 3.85. The number of para-hydroxylation sites is 4. The monoisotopic (exact) mass is 718 g/mol. The molecule has 0 bridgehead atoms. The second-order valence-corrected chi connectivity index (χ2v) is 13.6. The second kappa shape index (κ2) is 13.4. The Morgan fingerprint density at radius 2 is 0.679 bits per heavy atom. The highest BCUT2D eigenvalue weighted by molar-refractivity contribution is 6.11. The molecule has 262 valence electrons. The third-order valence-electron chi connectivity index (χ3n) is 10.3. The first-order valence-corrected chi connectivity index (χ1v) is 18.3. The summed E-state index contributed by atoms with van der Waals surface area (Å²) in [7, 11) is 0. The summed E-state index contributed by atoms with van der Waals surface area (Å²) in [6.45, 7) is 0. The molecule has 10 aromatic rings. The van der Waals surface area contributed by atoms with Gasteiger partial charge in [0.15, 0.2) is 11.2 Å². The van der Waals surface area contributed by atoms with Crippen molar-refractivity contribution in [2.24, 2.45) is 0 Å². The van der Waals surface area contributed by atoms with Gasteiger partial charge in [0.1, 0.15) is 11.2 Å². The van der Waals surface area contributed by atoms with Crippen molar-refractivity contribution in [2.75, 3.05) is 9.80 Å². The van der Waals surface area contributed by atoms with Crippen molar-refractivity contribution >= 4 is 78.0 Å². The van der Waals surface area contributed by atoms with Gasteiger partial charge in [-0.1, -0.05) is 84.9 Å². The van der Waals surface area contributed by atoms with Crippen LogP contribution in [0.5, 0.6) is 0 Å². The molecule has 0 spiro atoms. The van der Waals surface area contributed by atoms with Crippen LogP contribution < -0.4 is 9.80 Å². The molecule has 0 atom stereocenters. The molecule has 2 heterocycles. The van der Waals surface area contributed by atoms with Crippen LogP contribution in [0.15, 0.2) is 191 Å². The Kier molecular flexibility index (Phi) is 7.80. The molecule has 8 aromatic carbocycles. The smallest absolute Gasteiger partial charge is 0.159 e. The van der Waals surface area contributed by atoms with E-state index in [0.717, 1.165) is 89.1 Å². The summed E-state index contributed by atoms with van der Waals surface area (Å²) in [5.74, 6) is 0. The highest BCUT2D eigenvalue weighted by Gasteiger charge is 2.21. The summed E-state index contributed by atoms with van der Waals surface area (Å²) in [6.07, 6.45) is 0. The van der Waals surface area contributed by atoms with Crippen molar-refractivity contribution in [2.45, 2.75) is 0 Å². The predicted octanol–water partition coefficient (Wildman–Crippen LogP) is 13.8. The summed E-state index contributed by atoms with van der Waals surface area (Å²) < 4.78 is 12.9. The van der Waals surface area contributed by atoms with Gasteiger partial charge in [-0.15, -0.1) is 0 Å². The second-order valence-electron chi connectivity index (χ2n) is 13.6. The minimum absolute atomic E-state index is 0.599. The van der Waals surface area contributed by atoms with Crippen LogP contribution in [-0.2, 0) is 0 Å². The van der Waals surface area contributed by atoms with Gasteiger partial charge >= 0.3 is 0 Å². The third-order valence-corrected chi connectivity index (χ3v) is 10.3. The van der Waals surface area contributed by atoms with Crippen LogP contribution in [0.2, 0.25) is 0 Å². The molecule has 0 aliphatic heterocycles. The molecule has 0 amide bonds. The molecule has 10 rings (SSSR count). The third kappa shape index (κ3) is 5.50. The zero-order valence-electron chi connectivity index (χ0n) is 29.9. The summed E-state index contributed by atoms with van der Waals surface area (Å²) in [4.78, 5) is 4.35. The fourth-order valence-electron chi connectivity index (χ4n) is 7.65. The van der Waals surface area contributed by atoms with Gasteiger partial charge in [-0.25, -0.2) is 0 Å². The quantitative estimate of drug-likeness (QED) is 0.163. The topological polar surface area (TPSA) is 80.3 Å². The number of nitriles is 2. The van der Waals surface area contributed by atoms with E-state index in [2.05, 4.69) is 119 Å². The maximum absolute atomic E-state index is 9.52. The Hall–Kier alpha value is -8.06. The predicted molar refractivity (Wildman–Crippen MR) is 225 cm³/mol. The molecule has 2 aromatic heterocycles. The van der Waals surface area contributed by atoms with Gasteiger partial charge in [0, 0.05) is 44.3 Å². The Balaban J connectivity index is 1.04. The number of rotatable bonds is 7. The lowest BCUT2D eigenvalue weighted by molar-refractivity contribution is 0.668. The Bertz CT molecular complexity index is 2930. The van der Waals surface area contributed by atoms with Crippen LogP contribution in [0.4, 0.5) is 34.1 Å². The highest BCUT2D eigenvalue weighted by atomic mass is 16.3. The standard InChI is InChI=1S/C50H30N4O2/c51-31-33-15-23-37(24-16-33)53(45-11-5-9-43-41-7-1-3-13-47(41)55-49(43)45)39-27-19-35(20-28-39)36-21-29-40(30-22-36)54(38-25-17-34(32-52)18-26-38)46-12-6-10-44-42-8-2-4-14-48(42)56-50(44)46/h1-30H. The van der Waals surface area contributed by atoms with Crippen LogP contribution in [0.25, 0.3) is 55.0 Å². The summed E-state index contributed by atoms with van der Waals surface area (Å²) in [5, 5.41) is 23.2. The number of benzene rings is 8. The Morgan fingerprint density at radius 1 is 0.339 bits per heavy atom. The van der Waals surface area contributed by atoms with E-state index in [1.165, 1.54) is 0 Å². The summed E-state index contributed by atoms with van der Waals surface area (Å²) >= 11 is 0. The molecule has 0 aliphatic rings. The van der Waals surface area contributed by atoms with Gasteiger partial charge in [-0.3, -0.25) is 0 Å². The zero-order valence-corrected chi connectivity index (χ0v) is 29.9. The van der Waals surface area contributed by atoms with Gasteiger partial charge in [-0.05, 0) is 108 Å². The van der Waals surface area contributed by atoms with Gasteiger partial charge in [-0.2, -0.15) is 10.5 Å². The maximum Gasteiger partial charge on any atom is 0.159 e. The van der Waals surface area contributed by atoms with Crippen molar-refractivity contribution in [3.8, 4) is 23.3 Å². The lowest BCUT2D eigenvalue weighted by atomic mass is 10.0. The lowest BCUT2D eigenvalue weighted by Crippen LogP contribution is -2.10. The van der Waals surface area contributed by atoms with Gasteiger partial charge in [0.2, 0.25) is 0 Å². The van der Waals surface area contributed by atoms with Gasteiger partial charge in [0.05, 0.1) is 34.6 Å². The van der Waals surface area contributed by atoms with Crippen molar-refractivity contribution in [3.63, 3.8) is 0 Å². The fourth-order valence-corrected chi connectivity index (χ4v) is 7.65. The number of fused-ring (bicyclic) bond motifs is 6. The van der Waals surface area contributed by atoms with E-state index >= 15 is 0 Å². The molecular weight excluding hydrogens is 689 g/mol. The van der Waals surface area contributed by atoms with E-state index in [9.17, 15) is 10.5 Å². The van der Waals surface area contributed by atoms with Crippen molar-refractivity contribution < 1.29 is 8.83 Å². The molecule has 6 heteroatoms. The van der Waals surface area contributed by atoms with Crippen LogP contribution in [0, 0.1) is 22.7 Å². The average molecular weight is 719 g/mol. The summed E-state index contributed by atoms with van der Waals surface area (Å²) in [6, 6.07) is 65.3. The molecule has 0 saturated heterocycles. The van der Waals surface area contributed by atoms with Gasteiger partial charge < -0.3 is 18.6 Å². The summed E-state index contributed by atoms with van der Waals surface area (Å²) in [5.41, 5.74) is 12.1. The minimum Gasteiger partial charge on any atom is -0.454 e. The first kappa shape index (κ1) is 32.6. The van der Waals surface area contributed by atoms with E-state index in [4.69, 9.17) is 8.83 Å². The Morgan fingerprint density at radius 3 is 1.05 bits per heavy atom. The van der Waals surface area contributed by atoms with E-state index in [1.807, 2.05) is 84.9 Å². The number of furan rings is 2. The Labute approximate surface area is 322 Å². The molecular formula is C50H30N4O2. The van der Waals surface area contributed by atoms with Crippen LogP contribution in [0.1, 0.15) is 11.1 Å². The number of hydrogen-bond donors (Lipinski definition) is 0. The molecule has 0 saturated carbocycles. The van der Waals surface area contributed by atoms with Crippen molar-refractivity contribution in [3.05, 3.63) is 193 Å². The van der Waals surface area contributed by atoms with Crippen LogP contribution in [-0.4, -0.2) is 0 Å². The number of anilines is 6. The molecule has 0 aliphatic carbocycles. The molecule has 6 nitrogen and oxygen atoms in total. The molecule has 0 radical (unpaired) electrons. The van der Waals surface area contributed by atoms with E-state index in [1.54, 1.807) is 0 Å². The first-order valence-electron chi connectivity index (χ1n) is 18.3. The molecule has 0 N–H and O–H groups in total. The van der Waals surface area contributed by atoms with E-state index in [-0.39, 0.29) is 0 Å². The lowest BCUT2D eigenvalue weighted by Gasteiger charge is -2.26. The van der Waals surface area contributed by atoms with Gasteiger partial charge in [0.25, 0.3) is 0 Å². The molecule has 56 heavy (non-hydrogen) atoms. The van der Waals surface area contributed by atoms with E-state index in [0.29, 0.717) is 11.1 Å². The van der Waals surface area contributed by atoms with E-state index < -0.39 is 0 Å². The minimum atomic E-state index is 0.599. The maximum atomic E-state index is 9.52. The largest absolute Gasteiger partial charge is 0.454 e. The number of hydrogen-bond acceptors (Lipinski definition) is 6. The zero-order chi connectivity index (χ0) is 37.6. The number of nitrogens with zero attached hydrogens (tertiary/aromatic N) is 4. The normalized spacial score (nSPS) is 11.2. The van der Waals surface area contributed by atoms with Crippen molar-refractivity contribution in [1.29, 1.82) is 10.5 Å². The SMILES string of the molecule is N#Cc1ccc(N(c2ccc(-c3ccc(N(c4ccc(C#N)cc4)c4cccc5c4oc4ccccc45)cc3)cc2)c2cccc3c2oc2ccccc23)cc1. The van der Waals surface area contributed by atoms with Crippen LogP contribution >= 0.6 is 0 Å². The fraction of sp³-hybridized carbons (Fsp3) is 0. The van der Waals surface area contributed by atoms with Crippen LogP contribution in [0.3, 0.4) is 0 Å². The molecule has 0 unspecified atom stereocenters. The van der Waals surface area contributed by atoms with Crippen molar-refractivity contribution in [1.82, 2.24) is 0 Å². The highest BCUT2D eigenvalue weighted by Crippen LogP contribution is 2.44. The first-order chi connectivity index (χ1) is 27.7.